The molecule has 1 amide bonds. The molecule has 0 unspecified atom stereocenters. The lowest BCUT2D eigenvalue weighted by atomic mass is 10.1. The van der Waals surface area contributed by atoms with Crippen molar-refractivity contribution in [2.75, 3.05) is 7.11 Å². The van der Waals surface area contributed by atoms with Crippen molar-refractivity contribution in [3.05, 3.63) is 58.6 Å². The summed E-state index contributed by atoms with van der Waals surface area (Å²) in [6, 6.07) is 11.9. The van der Waals surface area contributed by atoms with Gasteiger partial charge < -0.3 is 14.2 Å². The molecule has 27 heavy (non-hydrogen) atoms. The Labute approximate surface area is 161 Å². The van der Waals surface area contributed by atoms with Gasteiger partial charge >= 0.3 is 5.97 Å². The van der Waals surface area contributed by atoms with Crippen molar-refractivity contribution in [3.63, 3.8) is 0 Å². The lowest BCUT2D eigenvalue weighted by Crippen LogP contribution is -2.25. The van der Waals surface area contributed by atoms with Gasteiger partial charge in [0.1, 0.15) is 0 Å². The third-order valence-corrected chi connectivity index (χ3v) is 4.05. The van der Waals surface area contributed by atoms with Crippen molar-refractivity contribution in [2.24, 2.45) is 5.10 Å². The van der Waals surface area contributed by atoms with Gasteiger partial charge in [-0.2, -0.15) is 5.01 Å². The van der Waals surface area contributed by atoms with E-state index < -0.39 is 12.2 Å². The maximum absolute atomic E-state index is 12.1. The molecule has 0 fully saturated rings. The van der Waals surface area contributed by atoms with Crippen molar-refractivity contribution >= 4 is 29.4 Å². The Morgan fingerprint density at radius 2 is 1.85 bits per heavy atom. The van der Waals surface area contributed by atoms with E-state index in [0.717, 1.165) is 0 Å². The van der Waals surface area contributed by atoms with Gasteiger partial charge in [0.05, 0.1) is 12.7 Å². The Balaban J connectivity index is 2.02. The van der Waals surface area contributed by atoms with Crippen LogP contribution in [0.4, 0.5) is 0 Å². The molecule has 0 N–H and O–H groups in total. The van der Waals surface area contributed by atoms with Crippen molar-refractivity contribution in [3.8, 4) is 11.5 Å². The normalized spacial score (nSPS) is 15.8. The number of rotatable bonds is 4. The fraction of sp³-hybridized carbons (Fsp3) is 0.211. The molecule has 8 heteroatoms. The molecule has 2 aromatic carbocycles. The predicted octanol–water partition coefficient (Wildman–Crippen LogP) is 3.51. The number of para-hydroxylation sites is 1. The van der Waals surface area contributed by atoms with Crippen LogP contribution in [0.3, 0.4) is 0 Å². The van der Waals surface area contributed by atoms with Crippen molar-refractivity contribution in [1.82, 2.24) is 5.01 Å². The van der Waals surface area contributed by atoms with E-state index in [0.29, 0.717) is 21.9 Å². The molecule has 1 heterocycles. The minimum absolute atomic E-state index is 0.139. The van der Waals surface area contributed by atoms with E-state index in [1.54, 1.807) is 42.5 Å². The van der Waals surface area contributed by atoms with Gasteiger partial charge in [0.25, 0.3) is 0 Å². The lowest BCUT2D eigenvalue weighted by molar-refractivity contribution is -0.135. The van der Waals surface area contributed by atoms with Gasteiger partial charge in [-0.3, -0.25) is 9.59 Å². The molecular weight excluding hydrogens is 372 g/mol. The van der Waals surface area contributed by atoms with Crippen LogP contribution in [-0.4, -0.2) is 29.9 Å². The first-order valence-electron chi connectivity index (χ1n) is 8.07. The maximum Gasteiger partial charge on any atom is 0.308 e. The van der Waals surface area contributed by atoms with Crippen LogP contribution in [0.2, 0.25) is 5.02 Å². The van der Waals surface area contributed by atoms with E-state index in [1.165, 1.54) is 26.0 Å². The summed E-state index contributed by atoms with van der Waals surface area (Å²) in [6.07, 6.45) is -0.758. The zero-order chi connectivity index (χ0) is 19.6. The lowest BCUT2D eigenvalue weighted by Gasteiger charge is -2.19. The van der Waals surface area contributed by atoms with Crippen molar-refractivity contribution < 1.29 is 23.8 Å². The highest BCUT2D eigenvalue weighted by molar-refractivity contribution is 6.30. The summed E-state index contributed by atoms with van der Waals surface area (Å²) in [5, 5.41) is 6.06. The Morgan fingerprint density at radius 3 is 2.44 bits per heavy atom. The van der Waals surface area contributed by atoms with Crippen LogP contribution < -0.4 is 9.47 Å². The van der Waals surface area contributed by atoms with E-state index in [9.17, 15) is 9.59 Å². The summed E-state index contributed by atoms with van der Waals surface area (Å²) < 4.78 is 16.5. The number of hydrogen-bond donors (Lipinski definition) is 0. The number of amides is 1. The van der Waals surface area contributed by atoms with Crippen molar-refractivity contribution in [2.45, 2.75) is 20.1 Å². The number of halogens is 1. The first kappa shape index (κ1) is 18.7. The fourth-order valence-corrected chi connectivity index (χ4v) is 2.74. The molecular formula is C19H17ClN2O5. The van der Waals surface area contributed by atoms with Crippen molar-refractivity contribution in [1.29, 1.82) is 0 Å². The SMILES string of the molecule is COc1cccc(C2=NN(C(C)=O)[C@H](c3ccc(Cl)cc3)O2)c1OC(C)=O. The van der Waals surface area contributed by atoms with E-state index in [4.69, 9.17) is 25.8 Å². The van der Waals surface area contributed by atoms with Gasteiger partial charge in [0.2, 0.25) is 18.0 Å². The molecule has 0 aromatic heterocycles. The molecule has 0 bridgehead atoms. The largest absolute Gasteiger partial charge is 0.493 e. The summed E-state index contributed by atoms with van der Waals surface area (Å²) in [5.41, 5.74) is 1.09. The van der Waals surface area contributed by atoms with Gasteiger partial charge in [-0.1, -0.05) is 29.8 Å². The zero-order valence-electron chi connectivity index (χ0n) is 14.9. The van der Waals surface area contributed by atoms with E-state index in [-0.39, 0.29) is 17.6 Å². The molecule has 3 rings (SSSR count). The second-order valence-electron chi connectivity index (χ2n) is 5.72. The average molecular weight is 389 g/mol. The maximum atomic E-state index is 12.1. The number of hydrazone groups is 1. The second-order valence-corrected chi connectivity index (χ2v) is 6.16. The second kappa shape index (κ2) is 7.67. The molecule has 0 spiro atoms. The molecule has 2 aromatic rings. The standard InChI is InChI=1S/C19H17ClN2O5/c1-11(23)22-19(13-7-9-14(20)10-8-13)27-18(21-22)15-5-4-6-16(25-3)17(15)26-12(2)24/h4-10,19H,1-3H3/t19-/m0/s1. The van der Waals surface area contributed by atoms with Crippen LogP contribution >= 0.6 is 11.6 Å². The van der Waals surface area contributed by atoms with Crippen LogP contribution in [0.25, 0.3) is 0 Å². The van der Waals surface area contributed by atoms with E-state index in [1.807, 2.05) is 0 Å². The summed E-state index contributed by atoms with van der Waals surface area (Å²) in [7, 11) is 1.46. The third kappa shape index (κ3) is 3.88. The molecule has 0 radical (unpaired) electrons. The number of esters is 1. The summed E-state index contributed by atoms with van der Waals surface area (Å²) in [6.45, 7) is 2.67. The van der Waals surface area contributed by atoms with Crippen LogP contribution in [-0.2, 0) is 14.3 Å². The Bertz CT molecular complexity index is 911. The summed E-state index contributed by atoms with van der Waals surface area (Å²) in [4.78, 5) is 23.6. The highest BCUT2D eigenvalue weighted by atomic mass is 35.5. The fourth-order valence-electron chi connectivity index (χ4n) is 2.61. The predicted molar refractivity (Wildman–Crippen MR) is 98.6 cm³/mol. The first-order chi connectivity index (χ1) is 12.9. The number of carbonyl (C=O) groups excluding carboxylic acids is 2. The molecule has 1 aliphatic heterocycles. The zero-order valence-corrected chi connectivity index (χ0v) is 15.7. The van der Waals surface area contributed by atoms with Gasteiger partial charge in [-0.25, -0.2) is 0 Å². The summed E-state index contributed by atoms with van der Waals surface area (Å²) >= 11 is 5.93. The quantitative estimate of drug-likeness (QED) is 0.591. The number of nitrogens with zero attached hydrogens (tertiary/aromatic N) is 2. The van der Waals surface area contributed by atoms with E-state index in [2.05, 4.69) is 5.10 Å². The number of ether oxygens (including phenoxy) is 3. The highest BCUT2D eigenvalue weighted by Crippen LogP contribution is 2.37. The number of benzene rings is 2. The minimum atomic E-state index is -0.758. The van der Waals surface area contributed by atoms with Gasteiger partial charge in [0, 0.05) is 24.4 Å². The Morgan fingerprint density at radius 1 is 1.15 bits per heavy atom. The first-order valence-corrected chi connectivity index (χ1v) is 8.45. The van der Waals surface area contributed by atoms with Crippen LogP contribution in [0.1, 0.15) is 31.2 Å². The van der Waals surface area contributed by atoms with Crippen LogP contribution in [0, 0.1) is 0 Å². The van der Waals surface area contributed by atoms with Crippen LogP contribution in [0.5, 0.6) is 11.5 Å². The minimum Gasteiger partial charge on any atom is -0.493 e. The molecule has 7 nitrogen and oxygen atoms in total. The average Bonchev–Trinajstić information content (AvgIpc) is 3.07. The Hall–Kier alpha value is -3.06. The van der Waals surface area contributed by atoms with Crippen LogP contribution in [0.15, 0.2) is 47.6 Å². The number of carbonyl (C=O) groups is 2. The summed E-state index contributed by atoms with van der Waals surface area (Å²) in [5.74, 6) is -0.163. The van der Waals surface area contributed by atoms with Gasteiger partial charge in [0.15, 0.2) is 11.5 Å². The third-order valence-electron chi connectivity index (χ3n) is 3.80. The molecule has 1 atom stereocenters. The monoisotopic (exact) mass is 388 g/mol. The molecule has 1 aliphatic rings. The smallest absolute Gasteiger partial charge is 0.308 e. The Kier molecular flexibility index (Phi) is 5.32. The number of methoxy groups -OCH3 is 1. The molecule has 0 aliphatic carbocycles. The number of hydrogen-bond acceptors (Lipinski definition) is 6. The molecule has 0 saturated carbocycles. The topological polar surface area (TPSA) is 77.4 Å². The molecule has 0 saturated heterocycles. The van der Waals surface area contributed by atoms with E-state index >= 15 is 0 Å². The van der Waals surface area contributed by atoms with Gasteiger partial charge in [-0.15, -0.1) is 5.10 Å². The highest BCUT2D eigenvalue weighted by Gasteiger charge is 2.34. The molecule has 140 valence electrons. The van der Waals surface area contributed by atoms with Gasteiger partial charge in [-0.05, 0) is 24.3 Å².